The fraction of sp³-hybridized carbons (Fsp3) is 0.542. The van der Waals surface area contributed by atoms with E-state index in [4.69, 9.17) is 11.6 Å². The Labute approximate surface area is 198 Å². The molecule has 0 unspecified atom stereocenters. The largest absolute Gasteiger partial charge is 0.376 e. The van der Waals surface area contributed by atoms with E-state index in [0.29, 0.717) is 9.90 Å². The summed E-state index contributed by atoms with van der Waals surface area (Å²) in [5.74, 6) is 0.0175. The summed E-state index contributed by atoms with van der Waals surface area (Å²) in [6.45, 7) is 3.97. The minimum atomic E-state index is -0.454. The standard InChI is InChI=1S/C24H31ClN4O2S/c1-14-19(12-17(25)13-26-14)27-15(2)20-10-11-21(32-20)23(30)29-22(16-6-4-3-5-7-16)24(31)28-18-8-9-18/h10-13,15-16,18,22,27H,3-9H2,1-2H3,(H,28,31)(H,29,30)/t15-,22-/m0/s1. The van der Waals surface area contributed by atoms with E-state index in [1.807, 2.05) is 32.0 Å². The third kappa shape index (κ3) is 5.81. The molecule has 172 valence electrons. The summed E-state index contributed by atoms with van der Waals surface area (Å²) >= 11 is 7.53. The molecule has 0 aliphatic heterocycles. The Morgan fingerprint density at radius 2 is 1.91 bits per heavy atom. The second-order valence-electron chi connectivity index (χ2n) is 8.99. The second kappa shape index (κ2) is 10.2. The third-order valence-electron chi connectivity index (χ3n) is 6.32. The SMILES string of the molecule is Cc1ncc(Cl)cc1N[C@@H](C)c1ccc(C(=O)N[C@H](C(=O)NC2CC2)C2CCCCC2)s1. The number of nitrogens with one attached hydrogen (secondary N) is 3. The lowest BCUT2D eigenvalue weighted by atomic mass is 9.83. The average molecular weight is 475 g/mol. The predicted octanol–water partition coefficient (Wildman–Crippen LogP) is 5.24. The van der Waals surface area contributed by atoms with E-state index in [1.165, 1.54) is 17.8 Å². The molecular formula is C24H31ClN4O2S. The number of carbonyl (C=O) groups excluding carboxylic acids is 2. The zero-order valence-electron chi connectivity index (χ0n) is 18.6. The van der Waals surface area contributed by atoms with Crippen LogP contribution in [0.5, 0.6) is 0 Å². The monoisotopic (exact) mass is 474 g/mol. The van der Waals surface area contributed by atoms with E-state index in [0.717, 1.165) is 54.8 Å². The van der Waals surface area contributed by atoms with Gasteiger partial charge in [0.2, 0.25) is 5.91 Å². The van der Waals surface area contributed by atoms with Gasteiger partial charge in [-0.25, -0.2) is 0 Å². The number of halogens is 1. The number of aromatic nitrogens is 1. The van der Waals surface area contributed by atoms with Crippen LogP contribution in [0.3, 0.4) is 0 Å². The topological polar surface area (TPSA) is 83.1 Å². The molecule has 2 amide bonds. The molecule has 2 aliphatic rings. The first-order valence-corrected chi connectivity index (χ1v) is 12.7. The highest BCUT2D eigenvalue weighted by molar-refractivity contribution is 7.14. The van der Waals surface area contributed by atoms with Gasteiger partial charge in [-0.1, -0.05) is 30.9 Å². The molecule has 2 heterocycles. The molecule has 3 N–H and O–H groups in total. The summed E-state index contributed by atoms with van der Waals surface area (Å²) in [5, 5.41) is 10.2. The Kier molecular flexibility index (Phi) is 7.36. The average Bonchev–Trinajstić information content (AvgIpc) is 3.45. The van der Waals surface area contributed by atoms with Crippen LogP contribution < -0.4 is 16.0 Å². The summed E-state index contributed by atoms with van der Waals surface area (Å²) in [6, 6.07) is 5.49. The third-order valence-corrected chi connectivity index (χ3v) is 7.79. The summed E-state index contributed by atoms with van der Waals surface area (Å²) in [7, 11) is 0. The Morgan fingerprint density at radius 1 is 1.16 bits per heavy atom. The number of thiophene rings is 1. The Bertz CT molecular complexity index is 969. The molecule has 6 nitrogen and oxygen atoms in total. The van der Waals surface area contributed by atoms with E-state index in [2.05, 4.69) is 20.9 Å². The summed E-state index contributed by atoms with van der Waals surface area (Å²) in [4.78, 5) is 31.9. The van der Waals surface area contributed by atoms with Gasteiger partial charge in [-0.3, -0.25) is 14.6 Å². The molecule has 2 aromatic heterocycles. The molecule has 2 atom stereocenters. The van der Waals surface area contributed by atoms with Gasteiger partial charge in [0, 0.05) is 17.1 Å². The van der Waals surface area contributed by atoms with Crippen molar-refractivity contribution in [2.24, 2.45) is 5.92 Å². The number of pyridine rings is 1. The van der Waals surface area contributed by atoms with Crippen molar-refractivity contribution in [1.29, 1.82) is 0 Å². The zero-order chi connectivity index (χ0) is 22.7. The molecule has 2 aromatic rings. The van der Waals surface area contributed by atoms with E-state index in [1.54, 1.807) is 6.20 Å². The highest BCUT2D eigenvalue weighted by atomic mass is 35.5. The highest BCUT2D eigenvalue weighted by Gasteiger charge is 2.34. The van der Waals surface area contributed by atoms with Crippen molar-refractivity contribution in [2.75, 3.05) is 5.32 Å². The van der Waals surface area contributed by atoms with E-state index >= 15 is 0 Å². The first kappa shape index (κ1) is 23.1. The quantitative estimate of drug-likeness (QED) is 0.488. The van der Waals surface area contributed by atoms with Crippen molar-refractivity contribution in [3.05, 3.63) is 44.9 Å². The van der Waals surface area contributed by atoms with Crippen LogP contribution in [0.15, 0.2) is 24.4 Å². The second-order valence-corrected chi connectivity index (χ2v) is 10.5. The minimum absolute atomic E-state index is 0.00665. The Balaban J connectivity index is 1.42. The number of hydrogen-bond donors (Lipinski definition) is 3. The van der Waals surface area contributed by atoms with Crippen molar-refractivity contribution in [1.82, 2.24) is 15.6 Å². The lowest BCUT2D eigenvalue weighted by molar-refractivity contribution is -0.124. The van der Waals surface area contributed by atoms with Gasteiger partial charge >= 0.3 is 0 Å². The maximum Gasteiger partial charge on any atom is 0.262 e. The smallest absolute Gasteiger partial charge is 0.262 e. The number of rotatable bonds is 8. The van der Waals surface area contributed by atoms with Crippen LogP contribution in [-0.4, -0.2) is 28.9 Å². The fourth-order valence-corrected chi connectivity index (χ4v) is 5.33. The van der Waals surface area contributed by atoms with Crippen LogP contribution >= 0.6 is 22.9 Å². The Morgan fingerprint density at radius 3 is 2.62 bits per heavy atom. The molecule has 4 rings (SSSR count). The van der Waals surface area contributed by atoms with Crippen LogP contribution in [-0.2, 0) is 4.79 Å². The van der Waals surface area contributed by atoms with Gasteiger partial charge in [0.25, 0.3) is 5.91 Å². The van der Waals surface area contributed by atoms with Crippen molar-refractivity contribution in [2.45, 2.75) is 76.9 Å². The molecule has 0 spiro atoms. The first-order chi connectivity index (χ1) is 15.4. The van der Waals surface area contributed by atoms with Crippen molar-refractivity contribution in [3.63, 3.8) is 0 Å². The molecule has 2 fully saturated rings. The molecular weight excluding hydrogens is 444 g/mol. The molecule has 0 saturated heterocycles. The van der Waals surface area contributed by atoms with E-state index < -0.39 is 6.04 Å². The van der Waals surface area contributed by atoms with Gasteiger partial charge in [-0.05, 0) is 63.6 Å². The van der Waals surface area contributed by atoms with E-state index in [9.17, 15) is 9.59 Å². The van der Waals surface area contributed by atoms with E-state index in [-0.39, 0.29) is 29.8 Å². The predicted molar refractivity (Wildman–Crippen MR) is 129 cm³/mol. The fourth-order valence-electron chi connectivity index (χ4n) is 4.26. The number of carbonyl (C=O) groups is 2. The van der Waals surface area contributed by atoms with Gasteiger partial charge in [-0.2, -0.15) is 0 Å². The molecule has 0 radical (unpaired) electrons. The molecule has 0 aromatic carbocycles. The van der Waals surface area contributed by atoms with Gasteiger partial charge in [-0.15, -0.1) is 11.3 Å². The highest BCUT2D eigenvalue weighted by Crippen LogP contribution is 2.30. The number of anilines is 1. The lowest BCUT2D eigenvalue weighted by Crippen LogP contribution is -2.51. The molecule has 2 aliphatic carbocycles. The van der Waals surface area contributed by atoms with Gasteiger partial charge < -0.3 is 16.0 Å². The number of nitrogens with zero attached hydrogens (tertiary/aromatic N) is 1. The van der Waals surface area contributed by atoms with Crippen LogP contribution in [0.2, 0.25) is 5.02 Å². The molecule has 8 heteroatoms. The van der Waals surface area contributed by atoms with Crippen LogP contribution in [0.4, 0.5) is 5.69 Å². The zero-order valence-corrected chi connectivity index (χ0v) is 20.2. The van der Waals surface area contributed by atoms with Crippen molar-refractivity contribution < 1.29 is 9.59 Å². The Hall–Kier alpha value is -2.12. The first-order valence-electron chi connectivity index (χ1n) is 11.5. The van der Waals surface area contributed by atoms with Crippen LogP contribution in [0, 0.1) is 12.8 Å². The molecule has 0 bridgehead atoms. The maximum absolute atomic E-state index is 13.1. The number of hydrogen-bond acceptors (Lipinski definition) is 5. The summed E-state index contributed by atoms with van der Waals surface area (Å²) < 4.78 is 0. The normalized spacial score (nSPS) is 18.6. The van der Waals surface area contributed by atoms with Gasteiger partial charge in [0.1, 0.15) is 6.04 Å². The van der Waals surface area contributed by atoms with Crippen LogP contribution in [0.25, 0.3) is 0 Å². The lowest BCUT2D eigenvalue weighted by Gasteiger charge is -2.30. The number of aryl methyl sites for hydroxylation is 1. The summed E-state index contributed by atoms with van der Waals surface area (Å²) in [5.41, 5.74) is 1.74. The van der Waals surface area contributed by atoms with Crippen molar-refractivity contribution in [3.8, 4) is 0 Å². The van der Waals surface area contributed by atoms with Crippen molar-refractivity contribution >= 4 is 40.4 Å². The minimum Gasteiger partial charge on any atom is -0.376 e. The van der Waals surface area contributed by atoms with Gasteiger partial charge in [0.05, 0.1) is 27.3 Å². The maximum atomic E-state index is 13.1. The molecule has 2 saturated carbocycles. The number of amides is 2. The molecule has 32 heavy (non-hydrogen) atoms. The van der Waals surface area contributed by atoms with Crippen LogP contribution in [0.1, 0.15) is 78.2 Å². The van der Waals surface area contributed by atoms with Gasteiger partial charge in [0.15, 0.2) is 0 Å². The summed E-state index contributed by atoms with van der Waals surface area (Å²) in [6.07, 6.45) is 9.15.